The van der Waals surface area contributed by atoms with Crippen LogP contribution in [0.4, 0.5) is 16.2 Å². The van der Waals surface area contributed by atoms with E-state index in [1.807, 2.05) is 0 Å². The third-order valence-corrected chi connectivity index (χ3v) is 3.65. The summed E-state index contributed by atoms with van der Waals surface area (Å²) in [5.41, 5.74) is 1.36. The van der Waals surface area contributed by atoms with Gasteiger partial charge in [0, 0.05) is 44.4 Å². The Morgan fingerprint density at radius 2 is 1.43 bits per heavy atom. The highest BCUT2D eigenvalue weighted by molar-refractivity contribution is 5.91. The molecular weight excluding hydrogens is 296 g/mol. The van der Waals surface area contributed by atoms with E-state index in [1.165, 1.54) is 13.8 Å². The van der Waals surface area contributed by atoms with Crippen molar-refractivity contribution in [3.05, 3.63) is 24.3 Å². The molecule has 124 valence electrons. The second kappa shape index (κ2) is 7.62. The third-order valence-electron chi connectivity index (χ3n) is 3.65. The van der Waals surface area contributed by atoms with Crippen molar-refractivity contribution in [3.8, 4) is 0 Å². The first-order valence-electron chi connectivity index (χ1n) is 7.64. The van der Waals surface area contributed by atoms with Crippen LogP contribution in [0.1, 0.15) is 26.7 Å². The van der Waals surface area contributed by atoms with Gasteiger partial charge in [-0.15, -0.1) is 0 Å². The van der Waals surface area contributed by atoms with E-state index in [1.54, 1.807) is 29.2 Å². The Morgan fingerprint density at radius 3 is 1.91 bits per heavy atom. The van der Waals surface area contributed by atoms with Crippen LogP contribution in [0.3, 0.4) is 0 Å². The fraction of sp³-hybridized carbons (Fsp3) is 0.438. The summed E-state index contributed by atoms with van der Waals surface area (Å²) in [6.07, 6.45) is 1.52. The van der Waals surface area contributed by atoms with Gasteiger partial charge in [0.1, 0.15) is 0 Å². The van der Waals surface area contributed by atoms with Crippen LogP contribution in [0.2, 0.25) is 0 Å². The zero-order valence-electron chi connectivity index (χ0n) is 13.4. The minimum Gasteiger partial charge on any atom is -0.353 e. The third kappa shape index (κ3) is 5.28. The first kappa shape index (κ1) is 16.8. The van der Waals surface area contributed by atoms with Gasteiger partial charge in [-0.2, -0.15) is 0 Å². The van der Waals surface area contributed by atoms with E-state index >= 15 is 0 Å². The zero-order valence-corrected chi connectivity index (χ0v) is 13.4. The van der Waals surface area contributed by atoms with Crippen LogP contribution in [0, 0.1) is 0 Å². The number of hydrogen-bond donors (Lipinski definition) is 3. The second-order valence-electron chi connectivity index (χ2n) is 5.65. The molecule has 7 nitrogen and oxygen atoms in total. The number of hydrogen-bond acceptors (Lipinski definition) is 3. The van der Waals surface area contributed by atoms with Gasteiger partial charge in [-0.25, -0.2) is 4.79 Å². The van der Waals surface area contributed by atoms with Crippen LogP contribution in [-0.4, -0.2) is 41.9 Å². The normalized spacial score (nSPS) is 15.0. The Labute approximate surface area is 135 Å². The first-order chi connectivity index (χ1) is 10.9. The molecule has 0 aromatic heterocycles. The van der Waals surface area contributed by atoms with Gasteiger partial charge in [-0.05, 0) is 37.1 Å². The first-order valence-corrected chi connectivity index (χ1v) is 7.64. The van der Waals surface area contributed by atoms with Crippen molar-refractivity contribution in [2.75, 3.05) is 23.7 Å². The van der Waals surface area contributed by atoms with Crippen molar-refractivity contribution < 1.29 is 14.4 Å². The summed E-state index contributed by atoms with van der Waals surface area (Å²) >= 11 is 0. The standard InChI is InChI=1S/C16H22N4O3/c1-11(21)17-13-3-5-14(6-4-13)19-16(23)20-9-7-15(8-10-20)18-12(2)22/h3-6,15H,7-10H2,1-2H3,(H,17,21)(H,18,22)(H,19,23). The van der Waals surface area contributed by atoms with E-state index in [4.69, 9.17) is 0 Å². The fourth-order valence-electron chi connectivity index (χ4n) is 2.56. The smallest absolute Gasteiger partial charge is 0.321 e. The van der Waals surface area contributed by atoms with Gasteiger partial charge in [0.2, 0.25) is 11.8 Å². The lowest BCUT2D eigenvalue weighted by atomic mass is 10.1. The molecule has 1 fully saturated rings. The van der Waals surface area contributed by atoms with Gasteiger partial charge in [0.15, 0.2) is 0 Å². The molecule has 3 N–H and O–H groups in total. The van der Waals surface area contributed by atoms with Gasteiger partial charge >= 0.3 is 6.03 Å². The van der Waals surface area contributed by atoms with Gasteiger partial charge in [-0.3, -0.25) is 9.59 Å². The molecule has 0 bridgehead atoms. The molecule has 2 rings (SSSR count). The van der Waals surface area contributed by atoms with E-state index < -0.39 is 0 Å². The number of carbonyl (C=O) groups excluding carboxylic acids is 3. The summed E-state index contributed by atoms with van der Waals surface area (Å²) in [6.45, 7) is 4.17. The molecule has 1 aliphatic rings. The van der Waals surface area contributed by atoms with Gasteiger partial charge in [0.05, 0.1) is 0 Å². The highest BCUT2D eigenvalue weighted by atomic mass is 16.2. The number of benzene rings is 1. The minimum atomic E-state index is -0.154. The molecule has 0 radical (unpaired) electrons. The molecule has 0 atom stereocenters. The maximum atomic E-state index is 12.2. The predicted octanol–water partition coefficient (Wildman–Crippen LogP) is 1.78. The summed E-state index contributed by atoms with van der Waals surface area (Å²) in [4.78, 5) is 35.9. The number of amides is 4. The highest BCUT2D eigenvalue weighted by Gasteiger charge is 2.23. The maximum absolute atomic E-state index is 12.2. The molecule has 0 unspecified atom stereocenters. The van der Waals surface area contributed by atoms with E-state index in [-0.39, 0.29) is 23.9 Å². The van der Waals surface area contributed by atoms with Gasteiger partial charge in [0.25, 0.3) is 0 Å². The van der Waals surface area contributed by atoms with Crippen LogP contribution in [0.15, 0.2) is 24.3 Å². The van der Waals surface area contributed by atoms with Crippen LogP contribution >= 0.6 is 0 Å². The van der Waals surface area contributed by atoms with Crippen LogP contribution < -0.4 is 16.0 Å². The van der Waals surface area contributed by atoms with Crippen molar-refractivity contribution >= 4 is 29.2 Å². The van der Waals surface area contributed by atoms with E-state index in [2.05, 4.69) is 16.0 Å². The number of carbonyl (C=O) groups is 3. The van der Waals surface area contributed by atoms with Gasteiger partial charge in [-0.1, -0.05) is 0 Å². The van der Waals surface area contributed by atoms with E-state index in [0.717, 1.165) is 12.8 Å². The highest BCUT2D eigenvalue weighted by Crippen LogP contribution is 2.16. The summed E-state index contributed by atoms with van der Waals surface area (Å²) in [6, 6.07) is 6.95. The Hall–Kier alpha value is -2.57. The van der Waals surface area contributed by atoms with Crippen LogP contribution in [0.5, 0.6) is 0 Å². The Kier molecular flexibility index (Phi) is 5.56. The van der Waals surface area contributed by atoms with E-state index in [0.29, 0.717) is 24.5 Å². The molecule has 0 saturated carbocycles. The molecule has 0 aliphatic carbocycles. The summed E-state index contributed by atoms with van der Waals surface area (Å²) in [7, 11) is 0. The summed E-state index contributed by atoms with van der Waals surface area (Å²) < 4.78 is 0. The Morgan fingerprint density at radius 1 is 0.913 bits per heavy atom. The fourth-order valence-corrected chi connectivity index (χ4v) is 2.56. The van der Waals surface area contributed by atoms with Crippen molar-refractivity contribution in [3.63, 3.8) is 0 Å². The quantitative estimate of drug-likeness (QED) is 0.793. The molecule has 0 spiro atoms. The van der Waals surface area contributed by atoms with Crippen LogP contribution in [0.25, 0.3) is 0 Å². The van der Waals surface area contributed by atoms with Crippen molar-refractivity contribution in [1.29, 1.82) is 0 Å². The average molecular weight is 318 g/mol. The lowest BCUT2D eigenvalue weighted by Crippen LogP contribution is -2.47. The number of anilines is 2. The monoisotopic (exact) mass is 318 g/mol. The minimum absolute atomic E-state index is 0.0350. The van der Waals surface area contributed by atoms with Crippen LogP contribution in [-0.2, 0) is 9.59 Å². The predicted molar refractivity (Wildman–Crippen MR) is 88.2 cm³/mol. The molecule has 1 heterocycles. The van der Waals surface area contributed by atoms with Crippen molar-refractivity contribution in [2.45, 2.75) is 32.7 Å². The SMILES string of the molecule is CC(=O)Nc1ccc(NC(=O)N2CCC(NC(C)=O)CC2)cc1. The summed E-state index contributed by atoms with van der Waals surface area (Å²) in [5, 5.41) is 8.39. The molecule has 1 aromatic rings. The Balaban J connectivity index is 1.83. The average Bonchev–Trinajstić information content (AvgIpc) is 2.49. The molecule has 23 heavy (non-hydrogen) atoms. The molecule has 1 aliphatic heterocycles. The zero-order chi connectivity index (χ0) is 16.8. The molecule has 1 saturated heterocycles. The van der Waals surface area contributed by atoms with Crippen molar-refractivity contribution in [1.82, 2.24) is 10.2 Å². The maximum Gasteiger partial charge on any atom is 0.321 e. The van der Waals surface area contributed by atoms with Crippen molar-refractivity contribution in [2.24, 2.45) is 0 Å². The molecule has 1 aromatic carbocycles. The largest absolute Gasteiger partial charge is 0.353 e. The molecule has 7 heteroatoms. The topological polar surface area (TPSA) is 90.5 Å². The van der Waals surface area contributed by atoms with E-state index in [9.17, 15) is 14.4 Å². The lowest BCUT2D eigenvalue weighted by molar-refractivity contribution is -0.120. The number of piperidine rings is 1. The number of rotatable bonds is 3. The second-order valence-corrected chi connectivity index (χ2v) is 5.65. The number of nitrogens with zero attached hydrogens (tertiary/aromatic N) is 1. The Bertz CT molecular complexity index is 577. The van der Waals surface area contributed by atoms with Gasteiger partial charge < -0.3 is 20.9 Å². The number of urea groups is 1. The molecule has 4 amide bonds. The number of likely N-dealkylation sites (tertiary alicyclic amines) is 1. The number of nitrogens with one attached hydrogen (secondary N) is 3. The summed E-state index contributed by atoms with van der Waals surface area (Å²) in [5.74, 6) is -0.170. The molecular formula is C16H22N4O3. The lowest BCUT2D eigenvalue weighted by Gasteiger charge is -2.32.